The van der Waals surface area contributed by atoms with Crippen molar-refractivity contribution < 1.29 is 14.0 Å². The summed E-state index contributed by atoms with van der Waals surface area (Å²) in [7, 11) is -1.71. The molecule has 7 heteroatoms. The number of hydrogen-bond acceptors (Lipinski definition) is 5. The molecule has 0 saturated carbocycles. The minimum absolute atomic E-state index is 0.179. The first-order chi connectivity index (χ1) is 8.58. The topological polar surface area (TPSA) is 51.7 Å². The second-order valence-corrected chi connectivity index (χ2v) is 11.5. The first kappa shape index (κ1) is 16.1. The maximum atomic E-state index is 12.2. The number of rotatable bonds is 4. The van der Waals surface area contributed by atoms with Crippen LogP contribution in [-0.4, -0.2) is 31.7 Å². The van der Waals surface area contributed by atoms with Crippen molar-refractivity contribution in [2.24, 2.45) is 0 Å². The van der Waals surface area contributed by atoms with E-state index in [1.807, 2.05) is 26.2 Å². The summed E-state index contributed by atoms with van der Waals surface area (Å²) >= 11 is 1.39. The predicted molar refractivity (Wildman–Crippen MR) is 80.1 cm³/mol. The standard InChI is InChI=1S/C12H22N2O3SSi/c1-12(2,3)17-11(15)14(9-16-19(4,5)6)10-13-7-8-18-10/h7-8H,9H2,1-6H3. The van der Waals surface area contributed by atoms with Crippen LogP contribution in [0.25, 0.3) is 0 Å². The van der Waals surface area contributed by atoms with Gasteiger partial charge in [-0.1, -0.05) is 0 Å². The lowest BCUT2D eigenvalue weighted by Crippen LogP contribution is -2.41. The van der Waals surface area contributed by atoms with Gasteiger partial charge in [-0.3, -0.25) is 0 Å². The molecule has 1 amide bonds. The fourth-order valence-electron chi connectivity index (χ4n) is 1.11. The van der Waals surface area contributed by atoms with E-state index in [4.69, 9.17) is 9.16 Å². The average Bonchev–Trinajstić information content (AvgIpc) is 2.66. The highest BCUT2D eigenvalue weighted by atomic mass is 32.1. The summed E-state index contributed by atoms with van der Waals surface area (Å²) in [6, 6.07) is 0. The number of nitrogens with zero attached hydrogens (tertiary/aromatic N) is 2. The van der Waals surface area contributed by atoms with Crippen molar-refractivity contribution in [2.75, 3.05) is 11.6 Å². The van der Waals surface area contributed by atoms with Crippen LogP contribution in [-0.2, 0) is 9.16 Å². The average molecular weight is 302 g/mol. The van der Waals surface area contributed by atoms with Gasteiger partial charge in [-0.25, -0.2) is 14.7 Å². The van der Waals surface area contributed by atoms with E-state index in [1.54, 1.807) is 6.20 Å². The minimum Gasteiger partial charge on any atom is -0.443 e. The van der Waals surface area contributed by atoms with E-state index in [2.05, 4.69) is 24.6 Å². The van der Waals surface area contributed by atoms with Gasteiger partial charge in [0.2, 0.25) is 0 Å². The Morgan fingerprint density at radius 1 is 1.42 bits per heavy atom. The van der Waals surface area contributed by atoms with Crippen LogP contribution in [0.5, 0.6) is 0 Å². The van der Waals surface area contributed by atoms with Gasteiger partial charge >= 0.3 is 6.09 Å². The molecule has 0 fully saturated rings. The highest BCUT2D eigenvalue weighted by Gasteiger charge is 2.27. The summed E-state index contributed by atoms with van der Waals surface area (Å²) in [6.45, 7) is 11.9. The van der Waals surface area contributed by atoms with Crippen LogP contribution in [0.4, 0.5) is 9.93 Å². The second kappa shape index (κ2) is 6.02. The number of anilines is 1. The van der Waals surface area contributed by atoms with Gasteiger partial charge in [0, 0.05) is 11.6 Å². The third kappa shape index (κ3) is 6.17. The van der Waals surface area contributed by atoms with Gasteiger partial charge in [0.25, 0.3) is 0 Å². The van der Waals surface area contributed by atoms with E-state index < -0.39 is 20.0 Å². The molecular weight excluding hydrogens is 280 g/mol. The zero-order chi connectivity index (χ0) is 14.7. The van der Waals surface area contributed by atoms with Gasteiger partial charge in [0.15, 0.2) is 13.4 Å². The Morgan fingerprint density at radius 2 is 2.05 bits per heavy atom. The number of amides is 1. The Morgan fingerprint density at radius 3 is 2.47 bits per heavy atom. The summed E-state index contributed by atoms with van der Waals surface area (Å²) in [4.78, 5) is 17.8. The van der Waals surface area contributed by atoms with E-state index in [0.717, 1.165) is 0 Å². The first-order valence-corrected chi connectivity index (χ1v) is 10.4. The molecule has 5 nitrogen and oxygen atoms in total. The van der Waals surface area contributed by atoms with Crippen molar-refractivity contribution in [1.82, 2.24) is 4.98 Å². The van der Waals surface area contributed by atoms with Gasteiger partial charge < -0.3 is 9.16 Å². The molecule has 1 rings (SSSR count). The van der Waals surface area contributed by atoms with Crippen LogP contribution in [0.15, 0.2) is 11.6 Å². The van der Waals surface area contributed by atoms with Crippen LogP contribution in [0.1, 0.15) is 20.8 Å². The van der Waals surface area contributed by atoms with E-state index in [1.165, 1.54) is 16.2 Å². The number of aromatic nitrogens is 1. The lowest BCUT2D eigenvalue weighted by atomic mass is 10.2. The Labute approximate surface area is 119 Å². The molecule has 0 radical (unpaired) electrons. The Bertz CT molecular complexity index is 410. The molecule has 108 valence electrons. The molecular formula is C12H22N2O3SSi. The molecule has 19 heavy (non-hydrogen) atoms. The predicted octanol–water partition coefficient (Wildman–Crippen LogP) is 3.69. The summed E-state index contributed by atoms with van der Waals surface area (Å²) in [5.41, 5.74) is -0.536. The summed E-state index contributed by atoms with van der Waals surface area (Å²) < 4.78 is 11.2. The fraction of sp³-hybridized carbons (Fsp3) is 0.667. The van der Waals surface area contributed by atoms with Gasteiger partial charge in [-0.05, 0) is 40.4 Å². The lowest BCUT2D eigenvalue weighted by Gasteiger charge is -2.28. The monoisotopic (exact) mass is 302 g/mol. The molecule has 0 aromatic carbocycles. The third-order valence-corrected chi connectivity index (χ3v) is 3.68. The number of ether oxygens (including phenoxy) is 1. The normalized spacial score (nSPS) is 12.3. The van der Waals surface area contributed by atoms with E-state index in [0.29, 0.717) is 5.13 Å². The maximum absolute atomic E-state index is 12.2. The molecule has 0 N–H and O–H groups in total. The Kier molecular flexibility index (Phi) is 5.11. The van der Waals surface area contributed by atoms with Gasteiger partial charge in [-0.15, -0.1) is 11.3 Å². The first-order valence-electron chi connectivity index (χ1n) is 6.12. The van der Waals surface area contributed by atoms with Crippen LogP contribution >= 0.6 is 11.3 Å². The molecule has 1 aromatic heterocycles. The number of carbonyl (C=O) groups excluding carboxylic acids is 1. The molecule has 0 unspecified atom stereocenters. The molecule has 0 spiro atoms. The highest BCUT2D eigenvalue weighted by Crippen LogP contribution is 2.21. The van der Waals surface area contributed by atoms with Crippen LogP contribution in [0.3, 0.4) is 0 Å². The molecule has 1 heterocycles. The largest absolute Gasteiger partial charge is 0.443 e. The summed E-state index contributed by atoms with van der Waals surface area (Å²) in [5.74, 6) is 0. The summed E-state index contributed by atoms with van der Waals surface area (Å²) in [6.07, 6.45) is 1.23. The zero-order valence-electron chi connectivity index (χ0n) is 12.4. The van der Waals surface area contributed by atoms with Gasteiger partial charge in [0.05, 0.1) is 0 Å². The number of hydrogen-bond donors (Lipinski definition) is 0. The molecule has 1 aromatic rings. The van der Waals surface area contributed by atoms with Crippen LogP contribution in [0, 0.1) is 0 Å². The third-order valence-electron chi connectivity index (χ3n) is 1.89. The van der Waals surface area contributed by atoms with Crippen molar-refractivity contribution in [3.05, 3.63) is 11.6 Å². The fourth-order valence-corrected chi connectivity index (χ4v) is 2.25. The van der Waals surface area contributed by atoms with E-state index in [-0.39, 0.29) is 6.73 Å². The van der Waals surface area contributed by atoms with Crippen molar-refractivity contribution in [3.8, 4) is 0 Å². The molecule has 0 aliphatic heterocycles. The smallest absolute Gasteiger partial charge is 0.418 e. The van der Waals surface area contributed by atoms with Crippen LogP contribution in [0.2, 0.25) is 19.6 Å². The van der Waals surface area contributed by atoms with Crippen molar-refractivity contribution in [3.63, 3.8) is 0 Å². The van der Waals surface area contributed by atoms with Crippen LogP contribution < -0.4 is 4.90 Å². The highest BCUT2D eigenvalue weighted by molar-refractivity contribution is 7.13. The summed E-state index contributed by atoms with van der Waals surface area (Å²) in [5, 5.41) is 2.41. The molecule has 0 aliphatic carbocycles. The van der Waals surface area contributed by atoms with Gasteiger partial charge in [-0.2, -0.15) is 0 Å². The maximum Gasteiger partial charge on any atom is 0.418 e. The van der Waals surface area contributed by atoms with Crippen molar-refractivity contribution in [2.45, 2.75) is 46.0 Å². The molecule has 0 aliphatic rings. The number of carbonyl (C=O) groups is 1. The second-order valence-electron chi connectivity index (χ2n) is 6.11. The molecule has 0 bridgehead atoms. The Balaban J connectivity index is 2.79. The quantitative estimate of drug-likeness (QED) is 0.628. The lowest BCUT2D eigenvalue weighted by molar-refractivity contribution is 0.0551. The van der Waals surface area contributed by atoms with Crippen molar-refractivity contribution in [1.29, 1.82) is 0 Å². The zero-order valence-corrected chi connectivity index (χ0v) is 14.2. The number of thiazole rings is 1. The minimum atomic E-state index is -1.71. The van der Waals surface area contributed by atoms with Crippen molar-refractivity contribution >= 4 is 30.9 Å². The van der Waals surface area contributed by atoms with E-state index in [9.17, 15) is 4.79 Å². The SMILES string of the molecule is CC(C)(C)OC(=O)N(CO[Si](C)(C)C)c1nccs1. The molecule has 0 atom stereocenters. The van der Waals surface area contributed by atoms with E-state index >= 15 is 0 Å². The molecule has 0 saturated heterocycles. The van der Waals surface area contributed by atoms with Gasteiger partial charge in [0.1, 0.15) is 12.3 Å². The Hall–Kier alpha value is -0.923.